The molecular formula is C24H26F3N3O2. The highest BCUT2D eigenvalue weighted by molar-refractivity contribution is 5.83. The highest BCUT2D eigenvalue weighted by Gasteiger charge is 2.22. The van der Waals surface area contributed by atoms with Crippen molar-refractivity contribution < 1.29 is 23.1 Å². The summed E-state index contributed by atoms with van der Waals surface area (Å²) in [5, 5.41) is 16.5. The van der Waals surface area contributed by atoms with Crippen molar-refractivity contribution in [3.63, 3.8) is 0 Å². The van der Waals surface area contributed by atoms with Gasteiger partial charge in [-0.3, -0.25) is 4.79 Å². The zero-order valence-electron chi connectivity index (χ0n) is 18.4. The monoisotopic (exact) mass is 445 g/mol. The Bertz CT molecular complexity index is 1140. The van der Waals surface area contributed by atoms with E-state index in [1.54, 1.807) is 13.0 Å². The number of rotatable bonds is 6. The fourth-order valence-corrected chi connectivity index (χ4v) is 3.20. The molecule has 1 amide bonds. The van der Waals surface area contributed by atoms with E-state index in [-0.39, 0.29) is 23.4 Å². The van der Waals surface area contributed by atoms with Crippen LogP contribution in [-0.2, 0) is 23.4 Å². The first-order valence-electron chi connectivity index (χ1n) is 10.2. The molecule has 1 aromatic heterocycles. The first kappa shape index (κ1) is 23.5. The topological polar surface area (TPSA) is 67.2 Å². The van der Waals surface area contributed by atoms with E-state index in [2.05, 4.69) is 10.4 Å². The number of aromatic nitrogens is 2. The average Bonchev–Trinajstić information content (AvgIpc) is 3.18. The SMILES string of the molecule is CC(C(=O)NCc1cc(C(C)(C)C)nn1-c1ccc(F)c(F)c1)c1ccc(CO)c(F)c1. The number of carbonyl (C=O) groups is 1. The summed E-state index contributed by atoms with van der Waals surface area (Å²) in [7, 11) is 0. The molecule has 0 aliphatic heterocycles. The van der Waals surface area contributed by atoms with E-state index in [4.69, 9.17) is 5.11 Å². The van der Waals surface area contributed by atoms with E-state index < -0.39 is 30.0 Å². The van der Waals surface area contributed by atoms with E-state index in [0.29, 0.717) is 16.9 Å². The highest BCUT2D eigenvalue weighted by atomic mass is 19.2. The Morgan fingerprint density at radius 3 is 2.38 bits per heavy atom. The summed E-state index contributed by atoms with van der Waals surface area (Å²) < 4.78 is 42.6. The Morgan fingerprint density at radius 1 is 1.06 bits per heavy atom. The van der Waals surface area contributed by atoms with E-state index in [1.165, 1.54) is 22.9 Å². The quantitative estimate of drug-likeness (QED) is 0.587. The number of nitrogens with one attached hydrogen (secondary N) is 1. The van der Waals surface area contributed by atoms with Gasteiger partial charge >= 0.3 is 0 Å². The van der Waals surface area contributed by atoms with Crippen LogP contribution in [0.5, 0.6) is 0 Å². The van der Waals surface area contributed by atoms with Gasteiger partial charge in [-0.25, -0.2) is 17.9 Å². The summed E-state index contributed by atoms with van der Waals surface area (Å²) >= 11 is 0. The molecule has 1 unspecified atom stereocenters. The van der Waals surface area contributed by atoms with Crippen LogP contribution in [0.3, 0.4) is 0 Å². The zero-order chi connectivity index (χ0) is 23.6. The van der Waals surface area contributed by atoms with Gasteiger partial charge in [0.05, 0.1) is 36.1 Å². The third kappa shape index (κ3) is 5.02. The Kier molecular flexibility index (Phi) is 6.74. The van der Waals surface area contributed by atoms with Crippen LogP contribution in [0, 0.1) is 17.5 Å². The molecule has 170 valence electrons. The van der Waals surface area contributed by atoms with Gasteiger partial charge in [0.1, 0.15) is 5.82 Å². The molecule has 0 fully saturated rings. The van der Waals surface area contributed by atoms with Gasteiger partial charge in [0.15, 0.2) is 11.6 Å². The molecule has 5 nitrogen and oxygen atoms in total. The lowest BCUT2D eigenvalue weighted by molar-refractivity contribution is -0.122. The predicted octanol–water partition coefficient (Wildman–Crippen LogP) is 4.50. The second kappa shape index (κ2) is 9.16. The number of nitrogens with zero attached hydrogens (tertiary/aromatic N) is 2. The fraction of sp³-hybridized carbons (Fsp3) is 0.333. The van der Waals surface area contributed by atoms with Gasteiger partial charge < -0.3 is 10.4 Å². The Balaban J connectivity index is 1.84. The number of benzene rings is 2. The van der Waals surface area contributed by atoms with Gasteiger partial charge in [0.25, 0.3) is 0 Å². The Hall–Kier alpha value is -3.13. The molecule has 0 saturated heterocycles. The van der Waals surface area contributed by atoms with E-state index >= 15 is 0 Å². The van der Waals surface area contributed by atoms with Crippen molar-refractivity contribution in [1.82, 2.24) is 15.1 Å². The molecule has 1 heterocycles. The number of carbonyl (C=O) groups excluding carboxylic acids is 1. The molecule has 3 rings (SSSR count). The first-order chi connectivity index (χ1) is 15.0. The second-order valence-electron chi connectivity index (χ2n) is 8.73. The van der Waals surface area contributed by atoms with E-state index in [1.807, 2.05) is 26.8 Å². The maximum Gasteiger partial charge on any atom is 0.227 e. The van der Waals surface area contributed by atoms with Crippen LogP contribution in [0.15, 0.2) is 42.5 Å². The summed E-state index contributed by atoms with van der Waals surface area (Å²) in [4.78, 5) is 12.7. The second-order valence-corrected chi connectivity index (χ2v) is 8.73. The van der Waals surface area contributed by atoms with Crippen molar-refractivity contribution in [1.29, 1.82) is 0 Å². The van der Waals surface area contributed by atoms with E-state index in [0.717, 1.165) is 17.8 Å². The number of amides is 1. The largest absolute Gasteiger partial charge is 0.392 e. The molecule has 0 saturated carbocycles. The molecule has 32 heavy (non-hydrogen) atoms. The van der Waals surface area contributed by atoms with Crippen LogP contribution in [-0.4, -0.2) is 20.8 Å². The minimum Gasteiger partial charge on any atom is -0.392 e. The molecular weight excluding hydrogens is 419 g/mol. The Labute approximate surface area is 184 Å². The van der Waals surface area contributed by atoms with E-state index in [9.17, 15) is 18.0 Å². The lowest BCUT2D eigenvalue weighted by atomic mass is 9.92. The molecule has 8 heteroatoms. The number of hydrogen-bond donors (Lipinski definition) is 2. The zero-order valence-corrected chi connectivity index (χ0v) is 18.4. The van der Waals surface area contributed by atoms with Crippen LogP contribution in [0.4, 0.5) is 13.2 Å². The van der Waals surface area contributed by atoms with Crippen molar-refractivity contribution in [3.05, 3.63) is 82.4 Å². The third-order valence-corrected chi connectivity index (χ3v) is 5.28. The van der Waals surface area contributed by atoms with Crippen LogP contribution in [0.2, 0.25) is 0 Å². The lowest BCUT2D eigenvalue weighted by Gasteiger charge is -2.14. The van der Waals surface area contributed by atoms with Crippen molar-refractivity contribution in [2.75, 3.05) is 0 Å². The lowest BCUT2D eigenvalue weighted by Crippen LogP contribution is -2.28. The summed E-state index contributed by atoms with van der Waals surface area (Å²) in [5.41, 5.74) is 1.97. The van der Waals surface area contributed by atoms with Gasteiger partial charge in [-0.1, -0.05) is 32.9 Å². The number of aliphatic hydroxyl groups is 1. The summed E-state index contributed by atoms with van der Waals surface area (Å²) in [6.07, 6.45) is 0. The molecule has 2 N–H and O–H groups in total. The van der Waals surface area contributed by atoms with Crippen LogP contribution < -0.4 is 5.32 Å². The van der Waals surface area contributed by atoms with Crippen molar-refractivity contribution in [2.24, 2.45) is 0 Å². The van der Waals surface area contributed by atoms with Crippen molar-refractivity contribution >= 4 is 5.91 Å². The minimum absolute atomic E-state index is 0.0858. The fourth-order valence-electron chi connectivity index (χ4n) is 3.20. The Morgan fingerprint density at radius 2 is 1.78 bits per heavy atom. The van der Waals surface area contributed by atoms with Crippen LogP contribution >= 0.6 is 0 Å². The molecule has 2 aromatic carbocycles. The normalized spacial score (nSPS) is 12.6. The summed E-state index contributed by atoms with van der Waals surface area (Å²) in [6.45, 7) is 7.23. The van der Waals surface area contributed by atoms with Crippen LogP contribution in [0.1, 0.15) is 56.1 Å². The third-order valence-electron chi connectivity index (χ3n) is 5.28. The highest BCUT2D eigenvalue weighted by Crippen LogP contribution is 2.25. The number of aliphatic hydroxyl groups excluding tert-OH is 1. The van der Waals surface area contributed by atoms with Gasteiger partial charge in [0.2, 0.25) is 5.91 Å². The summed E-state index contributed by atoms with van der Waals surface area (Å²) in [6, 6.07) is 9.58. The van der Waals surface area contributed by atoms with Crippen molar-refractivity contribution in [3.8, 4) is 5.69 Å². The maximum absolute atomic E-state index is 14.0. The average molecular weight is 445 g/mol. The molecule has 0 bridgehead atoms. The molecule has 0 aliphatic rings. The number of hydrogen-bond acceptors (Lipinski definition) is 3. The van der Waals surface area contributed by atoms with Gasteiger partial charge in [-0.15, -0.1) is 0 Å². The van der Waals surface area contributed by atoms with Crippen molar-refractivity contribution in [2.45, 2.75) is 52.2 Å². The van der Waals surface area contributed by atoms with Gasteiger partial charge in [-0.05, 0) is 36.8 Å². The predicted molar refractivity (Wildman–Crippen MR) is 115 cm³/mol. The smallest absolute Gasteiger partial charge is 0.227 e. The van der Waals surface area contributed by atoms with Gasteiger partial charge in [0, 0.05) is 17.0 Å². The molecule has 3 aromatic rings. The molecule has 0 aliphatic carbocycles. The molecule has 1 atom stereocenters. The number of halogens is 3. The first-order valence-corrected chi connectivity index (χ1v) is 10.2. The van der Waals surface area contributed by atoms with Gasteiger partial charge in [-0.2, -0.15) is 5.10 Å². The standard InChI is InChI=1S/C24H26F3N3O2/c1-14(15-5-6-16(13-31)20(26)9-15)23(32)28-12-18-11-22(24(2,3)4)29-30(18)17-7-8-19(25)21(27)10-17/h5-11,14,31H,12-13H2,1-4H3,(H,28,32). The van der Waals surface area contributed by atoms with Crippen LogP contribution in [0.25, 0.3) is 5.69 Å². The maximum atomic E-state index is 14.0. The summed E-state index contributed by atoms with van der Waals surface area (Å²) in [5.74, 6) is -3.50. The minimum atomic E-state index is -0.993. The molecule has 0 spiro atoms. The molecule has 0 radical (unpaired) electrons.